The van der Waals surface area contributed by atoms with Crippen molar-refractivity contribution in [2.75, 3.05) is 0 Å². The third-order valence-corrected chi connectivity index (χ3v) is 7.84. The molecule has 0 saturated heterocycles. The van der Waals surface area contributed by atoms with Crippen LogP contribution in [0.15, 0.2) is 72.8 Å². The maximum Gasteiger partial charge on any atom is -0.172 e. The number of rotatable bonds is 1. The molecule has 0 fully saturated rings. The molecule has 0 spiro atoms. The van der Waals surface area contributed by atoms with Gasteiger partial charge in [-0.05, 0) is 35.4 Å². The Balaban J connectivity index is 0.000000389. The number of benzene rings is 3. The molecule has 0 N–H and O–H groups in total. The first-order chi connectivity index (χ1) is 18.5. The number of hydrogen-bond donors (Lipinski definition) is 0. The fraction of sp³-hybridized carbons (Fsp3) is 0.333. The monoisotopic (exact) mass is 688 g/mol. The summed E-state index contributed by atoms with van der Waals surface area (Å²) in [7, 11) is 0. The zero-order valence-corrected chi connectivity index (χ0v) is 29.6. The third-order valence-electron chi connectivity index (χ3n) is 7.02. The molecule has 6 heteroatoms. The second-order valence-electron chi connectivity index (χ2n) is 12.4. The Morgan fingerprint density at radius 1 is 0.786 bits per heavy atom. The zero-order chi connectivity index (χ0) is 29.9. The second-order valence-corrected chi connectivity index (χ2v) is 13.1. The molecule has 0 aliphatic heterocycles. The fourth-order valence-electron chi connectivity index (χ4n) is 5.15. The summed E-state index contributed by atoms with van der Waals surface area (Å²) in [6.45, 7) is 18.2. The number of halogens is 5. The van der Waals surface area contributed by atoms with Crippen LogP contribution in [-0.2, 0) is 47.7 Å². The van der Waals surface area contributed by atoms with Crippen LogP contribution in [0.1, 0.15) is 86.1 Å². The van der Waals surface area contributed by atoms with Crippen LogP contribution >= 0.6 is 0 Å². The van der Waals surface area contributed by atoms with E-state index in [1.54, 1.807) is 9.78 Å². The van der Waals surface area contributed by atoms with E-state index in [1.807, 2.05) is 30.3 Å². The molecule has 0 heterocycles. The molecular formula is C36H39Cl2F3Zr-2. The molecule has 4 aromatic carbocycles. The molecule has 42 heavy (non-hydrogen) atoms. The van der Waals surface area contributed by atoms with Gasteiger partial charge >= 0.3 is 82.7 Å². The van der Waals surface area contributed by atoms with E-state index in [0.717, 1.165) is 42.8 Å². The van der Waals surface area contributed by atoms with Gasteiger partial charge in [-0.2, -0.15) is 35.9 Å². The van der Waals surface area contributed by atoms with Crippen LogP contribution in [0, 0.1) is 19.9 Å². The van der Waals surface area contributed by atoms with Crippen LogP contribution in [0.4, 0.5) is 13.2 Å². The fourth-order valence-corrected chi connectivity index (χ4v) is 5.59. The zero-order valence-electron chi connectivity index (χ0n) is 25.6. The molecule has 0 aromatic heterocycles. The van der Waals surface area contributed by atoms with E-state index in [4.69, 9.17) is 0 Å². The van der Waals surface area contributed by atoms with Crippen molar-refractivity contribution in [2.45, 2.75) is 78.8 Å². The first-order valence-corrected chi connectivity index (χ1v) is 15.0. The molecule has 1 aliphatic carbocycles. The summed E-state index contributed by atoms with van der Waals surface area (Å²) < 4.78 is 38.0. The molecule has 4 aromatic rings. The largest absolute Gasteiger partial charge is 1.00 e. The molecule has 0 amide bonds. The summed E-state index contributed by atoms with van der Waals surface area (Å²) in [4.78, 5) is 0. The van der Waals surface area contributed by atoms with Gasteiger partial charge in [-0.1, -0.05) is 71.6 Å². The number of aryl methyl sites for hydroxylation is 2. The normalized spacial score (nSPS) is 11.8. The van der Waals surface area contributed by atoms with Gasteiger partial charge in [0.1, 0.15) is 0 Å². The predicted octanol–water partition coefficient (Wildman–Crippen LogP) is 4.09. The van der Waals surface area contributed by atoms with Crippen molar-refractivity contribution in [1.82, 2.24) is 0 Å². The Kier molecular flexibility index (Phi) is 13.8. The molecule has 0 unspecified atom stereocenters. The first-order valence-electron chi connectivity index (χ1n) is 13.6. The van der Waals surface area contributed by atoms with Gasteiger partial charge in [0.05, 0.1) is 0 Å². The van der Waals surface area contributed by atoms with Crippen molar-refractivity contribution >= 4 is 3.71 Å². The minimum Gasteiger partial charge on any atom is -1.00 e. The molecule has 0 atom stereocenters. The maximum absolute atomic E-state index is 12.1. The van der Waals surface area contributed by atoms with E-state index in [1.165, 1.54) is 50.6 Å². The van der Waals surface area contributed by atoms with E-state index >= 15 is 0 Å². The van der Waals surface area contributed by atoms with Crippen LogP contribution in [0.2, 0.25) is 0 Å². The van der Waals surface area contributed by atoms with Gasteiger partial charge in [-0.3, -0.25) is 0 Å². The molecule has 0 saturated carbocycles. The van der Waals surface area contributed by atoms with Gasteiger partial charge in [-0.15, -0.1) is 16.7 Å². The van der Waals surface area contributed by atoms with E-state index in [0.29, 0.717) is 5.56 Å². The molecule has 5 rings (SSSR count). The van der Waals surface area contributed by atoms with Gasteiger partial charge in [0.15, 0.2) is 0 Å². The van der Waals surface area contributed by atoms with E-state index in [-0.39, 0.29) is 35.6 Å². The van der Waals surface area contributed by atoms with Crippen molar-refractivity contribution in [3.63, 3.8) is 0 Å². The minimum atomic E-state index is -4.23. The number of hydrogen-bond acceptors (Lipinski definition) is 0. The molecule has 224 valence electrons. The molecular weight excluding hydrogens is 652 g/mol. The molecule has 0 nitrogen and oxygen atoms in total. The Labute approximate surface area is 277 Å². The summed E-state index contributed by atoms with van der Waals surface area (Å²) in [5.74, 6) is 0. The molecule has 0 bridgehead atoms. The Bertz CT molecular complexity index is 1370. The Hall–Kier alpha value is -1.87. The van der Waals surface area contributed by atoms with Gasteiger partial charge in [0.25, 0.3) is 0 Å². The van der Waals surface area contributed by atoms with E-state index < -0.39 is 11.7 Å². The maximum atomic E-state index is 12.1. The number of fused-ring (bicyclic) bond motifs is 3. The van der Waals surface area contributed by atoms with Crippen LogP contribution in [-0.4, -0.2) is 3.71 Å². The van der Waals surface area contributed by atoms with E-state index in [2.05, 4.69) is 79.7 Å². The van der Waals surface area contributed by atoms with Gasteiger partial charge in [-0.25, -0.2) is 12.1 Å². The summed E-state index contributed by atoms with van der Waals surface area (Å²) >= 11 is 1.10. The second kappa shape index (κ2) is 15.2. The van der Waals surface area contributed by atoms with Crippen molar-refractivity contribution in [3.05, 3.63) is 123 Å². The van der Waals surface area contributed by atoms with Gasteiger partial charge in [0.2, 0.25) is 0 Å². The summed E-state index contributed by atoms with van der Waals surface area (Å²) in [5, 5.41) is 0. The van der Waals surface area contributed by atoms with E-state index in [9.17, 15) is 13.2 Å². The first kappa shape index (κ1) is 38.2. The van der Waals surface area contributed by atoms with Crippen LogP contribution in [0.25, 0.3) is 11.1 Å². The average Bonchev–Trinajstić information content (AvgIpc) is 3.53. The minimum absolute atomic E-state index is 0. The van der Waals surface area contributed by atoms with Crippen LogP contribution in [0.5, 0.6) is 0 Å². The van der Waals surface area contributed by atoms with Crippen molar-refractivity contribution in [2.24, 2.45) is 0 Å². The topological polar surface area (TPSA) is 0 Å². The summed E-state index contributed by atoms with van der Waals surface area (Å²) in [6, 6.07) is 26.2. The molecule has 1 aliphatic rings. The predicted molar refractivity (Wildman–Crippen MR) is 159 cm³/mol. The van der Waals surface area contributed by atoms with Crippen molar-refractivity contribution in [1.29, 1.82) is 0 Å². The van der Waals surface area contributed by atoms with Crippen LogP contribution in [0.3, 0.4) is 0 Å². The van der Waals surface area contributed by atoms with Crippen LogP contribution < -0.4 is 24.8 Å². The summed E-state index contributed by atoms with van der Waals surface area (Å²) in [5.41, 5.74) is 11.7. The Morgan fingerprint density at radius 3 is 1.83 bits per heavy atom. The smallest absolute Gasteiger partial charge is 0.172 e. The molecule has 0 radical (unpaired) electrons. The summed E-state index contributed by atoms with van der Waals surface area (Å²) in [6.07, 6.45) is -3.20. The average molecular weight is 691 g/mol. The van der Waals surface area contributed by atoms with Gasteiger partial charge in [0, 0.05) is 0 Å². The van der Waals surface area contributed by atoms with Crippen molar-refractivity contribution < 1.29 is 62.2 Å². The van der Waals surface area contributed by atoms with Gasteiger partial charge < -0.3 is 24.8 Å². The quantitative estimate of drug-likeness (QED) is 0.233. The SMILES string of the molecule is Cc1[c-]c2c(cc1C(C)(C)C)-c1cc(C(C)(C)C)c(C)cc1C2.FC(F)(F)c1cccc([CH]=[Zr+2])c1.[Cl-].[Cl-].c1cc[cH-]c1. The number of alkyl halides is 3. The Morgan fingerprint density at radius 2 is 1.36 bits per heavy atom. The standard InChI is InChI=1S/C23H29.C8H5F3.C5H5.2ClH.Zr/c1-14-9-16-11-17-10-15(2)21(23(6,7)8)13-19(17)18(16)12-20(14)22(3,4)5;1-6-3-2-4-7(5-6)8(9,10)11;1-2-4-5-3-1;;;/h9,12-13H,11H2,1-8H3;1-5H;1-5H;2*1H;/q-1;;-1;;;+2/p-2. The van der Waals surface area contributed by atoms with Crippen molar-refractivity contribution in [3.8, 4) is 11.1 Å². The third kappa shape index (κ3) is 9.83.